The van der Waals surface area contributed by atoms with E-state index in [0.29, 0.717) is 5.92 Å². The van der Waals surface area contributed by atoms with Gasteiger partial charge in [-0.2, -0.15) is 0 Å². The second kappa shape index (κ2) is 14.5. The van der Waals surface area contributed by atoms with Gasteiger partial charge in [-0.05, 0) is 31.0 Å². The van der Waals surface area contributed by atoms with Crippen molar-refractivity contribution in [1.82, 2.24) is 0 Å². The summed E-state index contributed by atoms with van der Waals surface area (Å²) in [5, 5.41) is 0. The largest absolute Gasteiger partial charge is 0.391 e. The molecule has 0 aromatic rings. The van der Waals surface area contributed by atoms with Crippen molar-refractivity contribution in [3.63, 3.8) is 0 Å². The highest BCUT2D eigenvalue weighted by Crippen LogP contribution is 2.17. The molecule has 0 aliphatic carbocycles. The molecule has 3 heteroatoms. The van der Waals surface area contributed by atoms with Gasteiger partial charge in [-0.25, -0.2) is 0 Å². The lowest BCUT2D eigenvalue weighted by Crippen LogP contribution is -2.38. The van der Waals surface area contributed by atoms with E-state index in [1.54, 1.807) is 0 Å². The van der Waals surface area contributed by atoms with Crippen LogP contribution in [0.4, 0.5) is 0 Å². The molecule has 0 fully saturated rings. The van der Waals surface area contributed by atoms with Gasteiger partial charge in [0.15, 0.2) is 0 Å². The Labute approximate surface area is 140 Å². The number of rotatable bonds is 16. The van der Waals surface area contributed by atoms with Gasteiger partial charge in [0, 0.05) is 13.2 Å². The number of hydrogen-bond donors (Lipinski definition) is 0. The van der Waals surface area contributed by atoms with Crippen LogP contribution in [0.1, 0.15) is 85.0 Å². The molecule has 0 bridgehead atoms. The summed E-state index contributed by atoms with van der Waals surface area (Å²) in [6.45, 7) is 14.5. The highest BCUT2D eigenvalue weighted by atomic mass is 28.4. The van der Waals surface area contributed by atoms with Gasteiger partial charge >= 0.3 is 8.56 Å². The van der Waals surface area contributed by atoms with E-state index in [-0.39, 0.29) is 0 Å². The molecule has 0 rings (SSSR count). The standard InChI is InChI=1S/C19H40O2Si/c1-6-10-12-13-14-15-17-20-22(5,9-4)21-18-19(8-3)16-11-7-2/h9,19H,4,6-8,10-18H2,1-3,5H3. The molecular weight excluding hydrogens is 288 g/mol. The first-order chi connectivity index (χ1) is 10.6. The van der Waals surface area contributed by atoms with Gasteiger partial charge in [0.25, 0.3) is 0 Å². The van der Waals surface area contributed by atoms with E-state index < -0.39 is 8.56 Å². The molecule has 2 unspecified atom stereocenters. The number of hydrogen-bond acceptors (Lipinski definition) is 2. The third-order valence-corrected chi connectivity index (χ3v) is 6.67. The predicted molar refractivity (Wildman–Crippen MR) is 100 cm³/mol. The maximum atomic E-state index is 6.17. The Morgan fingerprint density at radius 1 is 0.909 bits per heavy atom. The van der Waals surface area contributed by atoms with E-state index in [4.69, 9.17) is 8.85 Å². The Kier molecular flexibility index (Phi) is 14.4. The maximum absolute atomic E-state index is 6.17. The van der Waals surface area contributed by atoms with Crippen molar-refractivity contribution in [1.29, 1.82) is 0 Å². The van der Waals surface area contributed by atoms with E-state index in [2.05, 4.69) is 33.9 Å². The summed E-state index contributed by atoms with van der Waals surface area (Å²) in [6, 6.07) is 0. The van der Waals surface area contributed by atoms with Crippen LogP contribution in [-0.4, -0.2) is 21.8 Å². The van der Waals surface area contributed by atoms with Crippen LogP contribution in [0.5, 0.6) is 0 Å². The number of unbranched alkanes of at least 4 members (excludes halogenated alkanes) is 6. The van der Waals surface area contributed by atoms with E-state index in [1.807, 2.05) is 5.70 Å². The smallest absolute Gasteiger partial charge is 0.361 e. The fourth-order valence-corrected chi connectivity index (χ4v) is 3.93. The molecule has 0 N–H and O–H groups in total. The highest BCUT2D eigenvalue weighted by Gasteiger charge is 2.28. The molecule has 2 atom stereocenters. The van der Waals surface area contributed by atoms with Crippen LogP contribution in [0.15, 0.2) is 12.3 Å². The molecule has 22 heavy (non-hydrogen) atoms. The first-order valence-electron chi connectivity index (χ1n) is 9.53. The molecule has 0 aliphatic rings. The van der Waals surface area contributed by atoms with E-state index in [9.17, 15) is 0 Å². The topological polar surface area (TPSA) is 18.5 Å². The minimum absolute atomic E-state index is 0.671. The monoisotopic (exact) mass is 328 g/mol. The second-order valence-corrected chi connectivity index (χ2v) is 9.58. The van der Waals surface area contributed by atoms with Gasteiger partial charge in [0.05, 0.1) is 0 Å². The fraction of sp³-hybridized carbons (Fsp3) is 0.895. The Balaban J connectivity index is 3.89. The lowest BCUT2D eigenvalue weighted by atomic mass is 10.0. The van der Waals surface area contributed by atoms with Crippen molar-refractivity contribution < 1.29 is 8.85 Å². The fourth-order valence-electron chi connectivity index (χ4n) is 2.50. The normalized spacial score (nSPS) is 15.5. The second-order valence-electron chi connectivity index (χ2n) is 6.56. The molecule has 0 saturated carbocycles. The lowest BCUT2D eigenvalue weighted by molar-refractivity contribution is 0.150. The summed E-state index contributed by atoms with van der Waals surface area (Å²) in [7, 11) is -2.15. The van der Waals surface area contributed by atoms with E-state index >= 15 is 0 Å². The van der Waals surface area contributed by atoms with Crippen molar-refractivity contribution in [2.45, 2.75) is 91.5 Å². The van der Waals surface area contributed by atoms with Gasteiger partial charge in [-0.1, -0.05) is 72.1 Å². The lowest BCUT2D eigenvalue weighted by Gasteiger charge is -2.26. The van der Waals surface area contributed by atoms with Crippen LogP contribution in [0, 0.1) is 5.92 Å². The zero-order valence-corrected chi connectivity index (χ0v) is 16.7. The first-order valence-corrected chi connectivity index (χ1v) is 11.9. The van der Waals surface area contributed by atoms with Gasteiger partial charge < -0.3 is 8.85 Å². The SMILES string of the molecule is C=C[Si](C)(OCCCCCCCC)OCC(CC)CCCC. The van der Waals surface area contributed by atoms with Crippen LogP contribution >= 0.6 is 0 Å². The molecule has 132 valence electrons. The third kappa shape index (κ3) is 11.4. The molecule has 0 amide bonds. The van der Waals surface area contributed by atoms with Crippen molar-refractivity contribution in [3.05, 3.63) is 12.3 Å². The quantitative estimate of drug-likeness (QED) is 0.241. The van der Waals surface area contributed by atoms with Crippen LogP contribution < -0.4 is 0 Å². The molecule has 0 spiro atoms. The predicted octanol–water partition coefficient (Wildman–Crippen LogP) is 6.39. The molecule has 0 heterocycles. The van der Waals surface area contributed by atoms with Crippen molar-refractivity contribution >= 4 is 8.56 Å². The van der Waals surface area contributed by atoms with E-state index in [1.165, 1.54) is 57.8 Å². The summed E-state index contributed by atoms with van der Waals surface area (Å²) in [5.41, 5.74) is 1.94. The van der Waals surface area contributed by atoms with Crippen molar-refractivity contribution in [2.24, 2.45) is 5.92 Å². The van der Waals surface area contributed by atoms with Gasteiger partial charge in [-0.15, -0.1) is 6.58 Å². The van der Waals surface area contributed by atoms with E-state index in [0.717, 1.165) is 19.6 Å². The molecule has 0 radical (unpaired) electrons. The van der Waals surface area contributed by atoms with Crippen LogP contribution in [0.3, 0.4) is 0 Å². The summed E-state index contributed by atoms with van der Waals surface area (Å²) < 4.78 is 12.3. The van der Waals surface area contributed by atoms with Gasteiger partial charge in [-0.3, -0.25) is 0 Å². The van der Waals surface area contributed by atoms with Gasteiger partial charge in [0.2, 0.25) is 0 Å². The Bertz CT molecular complexity index is 258. The van der Waals surface area contributed by atoms with Gasteiger partial charge in [0.1, 0.15) is 0 Å². The Morgan fingerprint density at radius 3 is 2.14 bits per heavy atom. The zero-order valence-electron chi connectivity index (χ0n) is 15.7. The third-order valence-electron chi connectivity index (χ3n) is 4.41. The minimum atomic E-state index is -2.15. The molecule has 0 aromatic heterocycles. The maximum Gasteiger partial charge on any atom is 0.361 e. The Morgan fingerprint density at radius 2 is 1.55 bits per heavy atom. The summed E-state index contributed by atoms with van der Waals surface area (Å²) in [5.74, 6) is 0.671. The summed E-state index contributed by atoms with van der Waals surface area (Å²) in [4.78, 5) is 0. The van der Waals surface area contributed by atoms with Crippen LogP contribution in [0.2, 0.25) is 6.55 Å². The van der Waals surface area contributed by atoms with Crippen LogP contribution in [0.25, 0.3) is 0 Å². The average Bonchev–Trinajstić information content (AvgIpc) is 2.54. The van der Waals surface area contributed by atoms with Crippen molar-refractivity contribution in [2.75, 3.05) is 13.2 Å². The zero-order chi connectivity index (χ0) is 16.7. The molecule has 0 aromatic carbocycles. The summed E-state index contributed by atoms with van der Waals surface area (Å²) in [6.07, 6.45) is 12.8. The highest BCUT2D eigenvalue weighted by molar-refractivity contribution is 6.71. The van der Waals surface area contributed by atoms with Crippen LogP contribution in [-0.2, 0) is 8.85 Å². The molecule has 0 saturated heterocycles. The average molecular weight is 329 g/mol. The molecule has 0 aliphatic heterocycles. The minimum Gasteiger partial charge on any atom is -0.391 e. The van der Waals surface area contributed by atoms with Crippen molar-refractivity contribution in [3.8, 4) is 0 Å². The summed E-state index contributed by atoms with van der Waals surface area (Å²) >= 11 is 0. The molecule has 2 nitrogen and oxygen atoms in total. The first kappa shape index (κ1) is 21.9. The Hall–Kier alpha value is -0.123. The molecular formula is C19H40O2Si.